The fourth-order valence-corrected chi connectivity index (χ4v) is 3.09. The molecule has 106 valence electrons. The number of hydrogen-bond donors (Lipinski definition) is 1. The topological polar surface area (TPSA) is 28.2 Å². The van der Waals surface area contributed by atoms with Gasteiger partial charge in [0.2, 0.25) is 0 Å². The Morgan fingerprint density at radius 3 is 2.79 bits per heavy atom. The molecule has 0 spiro atoms. The van der Waals surface area contributed by atoms with E-state index in [1.807, 2.05) is 7.05 Å². The SMILES string of the molecule is CNc1ccc([C@H]2CCCCN2CC(C)C)c(C)n1. The van der Waals surface area contributed by atoms with Gasteiger partial charge < -0.3 is 5.32 Å². The van der Waals surface area contributed by atoms with E-state index in [1.165, 1.54) is 43.6 Å². The standard InChI is InChI=1S/C16H27N3/c1-12(2)11-19-10-6-5-7-15(19)14-8-9-16(17-4)18-13(14)3/h8-9,12,15H,5-7,10-11H2,1-4H3,(H,17,18)/t15-/m1/s1. The zero-order valence-electron chi connectivity index (χ0n) is 12.7. The molecule has 0 saturated carbocycles. The summed E-state index contributed by atoms with van der Waals surface area (Å²) in [4.78, 5) is 7.29. The van der Waals surface area contributed by atoms with Crippen molar-refractivity contribution in [1.82, 2.24) is 9.88 Å². The van der Waals surface area contributed by atoms with Gasteiger partial charge in [0.25, 0.3) is 0 Å². The predicted octanol–water partition coefficient (Wildman–Crippen LogP) is 3.61. The van der Waals surface area contributed by atoms with Crippen LogP contribution >= 0.6 is 0 Å². The first-order valence-corrected chi connectivity index (χ1v) is 7.51. The number of likely N-dealkylation sites (tertiary alicyclic amines) is 1. The number of pyridine rings is 1. The zero-order chi connectivity index (χ0) is 13.8. The Morgan fingerprint density at radius 1 is 1.37 bits per heavy atom. The molecule has 3 heteroatoms. The number of aryl methyl sites for hydroxylation is 1. The van der Waals surface area contributed by atoms with E-state index >= 15 is 0 Å². The molecule has 1 fully saturated rings. The molecule has 0 unspecified atom stereocenters. The Hall–Kier alpha value is -1.09. The third-order valence-corrected chi connectivity index (χ3v) is 3.96. The summed E-state index contributed by atoms with van der Waals surface area (Å²) in [5.41, 5.74) is 2.59. The fourth-order valence-electron chi connectivity index (χ4n) is 3.09. The second-order valence-corrected chi connectivity index (χ2v) is 6.02. The smallest absolute Gasteiger partial charge is 0.125 e. The Kier molecular flexibility index (Phi) is 4.81. The molecule has 0 radical (unpaired) electrons. The van der Waals surface area contributed by atoms with E-state index in [0.29, 0.717) is 6.04 Å². The van der Waals surface area contributed by atoms with E-state index in [-0.39, 0.29) is 0 Å². The zero-order valence-corrected chi connectivity index (χ0v) is 12.7. The normalized spacial score (nSPS) is 20.8. The minimum Gasteiger partial charge on any atom is -0.373 e. The third-order valence-electron chi connectivity index (χ3n) is 3.96. The second-order valence-electron chi connectivity index (χ2n) is 6.02. The van der Waals surface area contributed by atoms with Crippen LogP contribution in [0.25, 0.3) is 0 Å². The number of hydrogen-bond acceptors (Lipinski definition) is 3. The van der Waals surface area contributed by atoms with E-state index in [0.717, 1.165) is 11.7 Å². The summed E-state index contributed by atoms with van der Waals surface area (Å²) in [5.74, 6) is 1.69. The van der Waals surface area contributed by atoms with Crippen molar-refractivity contribution in [1.29, 1.82) is 0 Å². The van der Waals surface area contributed by atoms with E-state index < -0.39 is 0 Å². The highest BCUT2D eigenvalue weighted by Crippen LogP contribution is 2.33. The molecule has 1 aromatic heterocycles. The summed E-state index contributed by atoms with van der Waals surface area (Å²) >= 11 is 0. The Morgan fingerprint density at radius 2 is 2.16 bits per heavy atom. The summed E-state index contributed by atoms with van der Waals surface area (Å²) in [6.45, 7) is 9.17. The van der Waals surface area contributed by atoms with E-state index in [2.05, 4.69) is 48.1 Å². The van der Waals surface area contributed by atoms with E-state index in [1.54, 1.807) is 0 Å². The molecule has 1 saturated heterocycles. The lowest BCUT2D eigenvalue weighted by atomic mass is 9.93. The number of aromatic nitrogens is 1. The maximum absolute atomic E-state index is 4.64. The quantitative estimate of drug-likeness (QED) is 0.897. The van der Waals surface area contributed by atoms with E-state index in [9.17, 15) is 0 Å². The number of anilines is 1. The van der Waals surface area contributed by atoms with Crippen molar-refractivity contribution in [2.45, 2.75) is 46.1 Å². The number of nitrogens with zero attached hydrogens (tertiary/aromatic N) is 2. The second kappa shape index (κ2) is 6.38. The van der Waals surface area contributed by atoms with E-state index in [4.69, 9.17) is 0 Å². The number of nitrogens with one attached hydrogen (secondary N) is 1. The van der Waals surface area contributed by atoms with Crippen molar-refractivity contribution in [3.63, 3.8) is 0 Å². The summed E-state index contributed by atoms with van der Waals surface area (Å²) < 4.78 is 0. The molecule has 1 aromatic rings. The molecule has 1 aliphatic rings. The summed E-state index contributed by atoms with van der Waals surface area (Å²) in [5, 5.41) is 3.12. The maximum Gasteiger partial charge on any atom is 0.125 e. The van der Waals surface area contributed by atoms with Gasteiger partial charge in [-0.25, -0.2) is 4.98 Å². The van der Waals surface area contributed by atoms with Crippen LogP contribution in [0.3, 0.4) is 0 Å². The molecular weight excluding hydrogens is 234 g/mol. The molecule has 0 aliphatic carbocycles. The summed E-state index contributed by atoms with van der Waals surface area (Å²) in [7, 11) is 1.92. The highest BCUT2D eigenvalue weighted by molar-refractivity contribution is 5.39. The van der Waals surface area contributed by atoms with Crippen LogP contribution < -0.4 is 5.32 Å². The van der Waals surface area contributed by atoms with Crippen LogP contribution in [0.1, 0.15) is 50.4 Å². The van der Waals surface area contributed by atoms with Crippen LogP contribution in [0.2, 0.25) is 0 Å². The van der Waals surface area contributed by atoms with Gasteiger partial charge in [0.1, 0.15) is 5.82 Å². The van der Waals surface area contributed by atoms with Gasteiger partial charge in [-0.2, -0.15) is 0 Å². The molecule has 2 rings (SSSR count). The highest BCUT2D eigenvalue weighted by atomic mass is 15.2. The van der Waals surface area contributed by atoms with Gasteiger partial charge in [0, 0.05) is 25.3 Å². The van der Waals surface area contributed by atoms with Crippen LogP contribution in [-0.2, 0) is 0 Å². The number of piperidine rings is 1. The molecule has 1 N–H and O–H groups in total. The van der Waals surface area contributed by atoms with Crippen molar-refractivity contribution in [3.05, 3.63) is 23.4 Å². The first-order valence-electron chi connectivity index (χ1n) is 7.51. The highest BCUT2D eigenvalue weighted by Gasteiger charge is 2.25. The van der Waals surface area contributed by atoms with Crippen LogP contribution in [-0.4, -0.2) is 30.0 Å². The van der Waals surface area contributed by atoms with Crippen LogP contribution in [0.4, 0.5) is 5.82 Å². The Bertz CT molecular complexity index is 414. The molecule has 1 atom stereocenters. The number of rotatable bonds is 4. The van der Waals surface area contributed by atoms with Crippen LogP contribution in [0, 0.1) is 12.8 Å². The van der Waals surface area contributed by atoms with Gasteiger partial charge in [-0.15, -0.1) is 0 Å². The average molecular weight is 261 g/mol. The third kappa shape index (κ3) is 3.47. The van der Waals surface area contributed by atoms with Crippen molar-refractivity contribution in [2.75, 3.05) is 25.5 Å². The lowest BCUT2D eigenvalue weighted by Gasteiger charge is -2.37. The molecule has 19 heavy (non-hydrogen) atoms. The Balaban J connectivity index is 2.21. The fraction of sp³-hybridized carbons (Fsp3) is 0.688. The Labute approximate surface area is 117 Å². The maximum atomic E-state index is 4.64. The summed E-state index contributed by atoms with van der Waals surface area (Å²) in [6, 6.07) is 4.93. The first-order chi connectivity index (χ1) is 9.11. The van der Waals surface area contributed by atoms with Gasteiger partial charge in [0.15, 0.2) is 0 Å². The van der Waals surface area contributed by atoms with Crippen molar-refractivity contribution < 1.29 is 0 Å². The lowest BCUT2D eigenvalue weighted by Crippen LogP contribution is -2.36. The van der Waals surface area contributed by atoms with Crippen molar-refractivity contribution in [3.8, 4) is 0 Å². The van der Waals surface area contributed by atoms with Gasteiger partial charge in [0.05, 0.1) is 0 Å². The molecule has 0 amide bonds. The minimum absolute atomic E-state index is 0.564. The minimum atomic E-state index is 0.564. The van der Waals surface area contributed by atoms with Gasteiger partial charge in [-0.1, -0.05) is 26.3 Å². The van der Waals surface area contributed by atoms with Gasteiger partial charge in [-0.05, 0) is 43.9 Å². The monoisotopic (exact) mass is 261 g/mol. The van der Waals surface area contributed by atoms with Crippen molar-refractivity contribution in [2.24, 2.45) is 5.92 Å². The first kappa shape index (κ1) is 14.3. The van der Waals surface area contributed by atoms with Gasteiger partial charge in [-0.3, -0.25) is 4.90 Å². The molecule has 3 nitrogen and oxygen atoms in total. The average Bonchev–Trinajstić information content (AvgIpc) is 2.39. The van der Waals surface area contributed by atoms with Crippen molar-refractivity contribution >= 4 is 5.82 Å². The molecule has 0 aromatic carbocycles. The largest absolute Gasteiger partial charge is 0.373 e. The molecular formula is C16H27N3. The van der Waals surface area contributed by atoms with Gasteiger partial charge >= 0.3 is 0 Å². The molecule has 2 heterocycles. The van der Waals surface area contributed by atoms with Crippen LogP contribution in [0.5, 0.6) is 0 Å². The lowest BCUT2D eigenvalue weighted by molar-refractivity contribution is 0.131. The van der Waals surface area contributed by atoms with Crippen LogP contribution in [0.15, 0.2) is 12.1 Å². The molecule has 0 bridgehead atoms. The summed E-state index contributed by atoms with van der Waals surface area (Å²) in [6.07, 6.45) is 3.95. The molecule has 1 aliphatic heterocycles. The predicted molar refractivity (Wildman–Crippen MR) is 81.5 cm³/mol.